The van der Waals surface area contributed by atoms with Crippen LogP contribution < -0.4 is 11.2 Å². The first-order chi connectivity index (χ1) is 12.7. The van der Waals surface area contributed by atoms with Crippen LogP contribution in [0, 0.1) is 18.8 Å². The first kappa shape index (κ1) is 19.2. The van der Waals surface area contributed by atoms with Crippen molar-refractivity contribution in [1.29, 1.82) is 0 Å². The molecular formula is C21H26N4O. The molecule has 0 aliphatic rings. The molecule has 0 amide bonds. The molecule has 0 aromatic heterocycles. The Morgan fingerprint density at radius 2 is 2.08 bits per heavy atom. The summed E-state index contributed by atoms with van der Waals surface area (Å²) in [6.07, 6.45) is 1.68. The molecule has 2 aromatic rings. The van der Waals surface area contributed by atoms with Crippen molar-refractivity contribution in [3.8, 4) is 11.8 Å². The van der Waals surface area contributed by atoms with Crippen LogP contribution in [0.25, 0.3) is 0 Å². The zero-order valence-electron chi connectivity index (χ0n) is 15.2. The van der Waals surface area contributed by atoms with Crippen molar-refractivity contribution in [3.63, 3.8) is 0 Å². The number of rotatable bonds is 7. The van der Waals surface area contributed by atoms with E-state index >= 15 is 0 Å². The van der Waals surface area contributed by atoms with E-state index in [1.54, 1.807) is 13.3 Å². The highest BCUT2D eigenvalue weighted by Gasteiger charge is 2.05. The fraction of sp³-hybridized carbons (Fsp3) is 0.238. The smallest absolute Gasteiger partial charge is 0.108 e. The van der Waals surface area contributed by atoms with E-state index in [0.29, 0.717) is 25.4 Å². The van der Waals surface area contributed by atoms with Crippen LogP contribution in [0.1, 0.15) is 18.1 Å². The van der Waals surface area contributed by atoms with E-state index < -0.39 is 0 Å². The van der Waals surface area contributed by atoms with Crippen molar-refractivity contribution in [3.05, 3.63) is 65.2 Å². The molecule has 0 unspecified atom stereocenters. The number of nitrogens with two attached hydrogens (primary N) is 1. The summed E-state index contributed by atoms with van der Waals surface area (Å²) >= 11 is 0. The van der Waals surface area contributed by atoms with Gasteiger partial charge in [-0.2, -0.15) is 5.10 Å². The van der Waals surface area contributed by atoms with Crippen molar-refractivity contribution in [2.24, 2.45) is 15.9 Å². The molecule has 3 N–H and O–H groups in total. The second kappa shape index (κ2) is 10.7. The van der Waals surface area contributed by atoms with Gasteiger partial charge >= 0.3 is 0 Å². The van der Waals surface area contributed by atoms with Gasteiger partial charge < -0.3 is 15.9 Å². The number of nitrogens with one attached hydrogen (secondary N) is 1. The number of hydrogen-bond donors (Lipinski definition) is 2. The average Bonchev–Trinajstić information content (AvgIpc) is 2.67. The van der Waals surface area contributed by atoms with Crippen LogP contribution in [0.15, 0.2) is 58.6 Å². The third-order valence-corrected chi connectivity index (χ3v) is 3.67. The summed E-state index contributed by atoms with van der Waals surface area (Å²) in [5.41, 5.74) is 4.65. The number of hydrazone groups is 1. The number of aliphatic imine (C=N–C) groups is 1. The lowest BCUT2D eigenvalue weighted by atomic mass is 10.0. The van der Waals surface area contributed by atoms with Gasteiger partial charge in [0.15, 0.2) is 0 Å². The fourth-order valence-corrected chi connectivity index (χ4v) is 2.34. The monoisotopic (exact) mass is 350 g/mol. The summed E-state index contributed by atoms with van der Waals surface area (Å²) in [6.45, 7) is 3.74. The number of anilines is 1. The highest BCUT2D eigenvalue weighted by atomic mass is 16.5. The summed E-state index contributed by atoms with van der Waals surface area (Å²) in [7, 11) is 1.65. The lowest BCUT2D eigenvalue weighted by Crippen LogP contribution is -2.09. The molecule has 5 nitrogen and oxygen atoms in total. The van der Waals surface area contributed by atoms with Crippen molar-refractivity contribution < 1.29 is 6.16 Å². The Morgan fingerprint density at radius 3 is 2.77 bits per heavy atom. The van der Waals surface area contributed by atoms with Crippen LogP contribution in [0.4, 0.5) is 5.69 Å². The van der Waals surface area contributed by atoms with Gasteiger partial charge in [0.1, 0.15) is 5.71 Å². The predicted octanol–water partition coefficient (Wildman–Crippen LogP) is 3.08. The van der Waals surface area contributed by atoms with Gasteiger partial charge in [-0.15, -0.1) is 0 Å². The third-order valence-electron chi connectivity index (χ3n) is 3.67. The van der Waals surface area contributed by atoms with Crippen molar-refractivity contribution in [1.82, 2.24) is 0 Å². The number of para-hydroxylation sites is 1. The Morgan fingerprint density at radius 1 is 1.27 bits per heavy atom. The van der Waals surface area contributed by atoms with E-state index in [0.717, 1.165) is 22.4 Å². The minimum Gasteiger partial charge on any atom is -0.383 e. The molecule has 0 radical (unpaired) electrons. The first-order valence-corrected chi connectivity index (χ1v) is 8.40. The number of methoxy groups -OCH3 is 1. The highest BCUT2D eigenvalue weighted by Crippen LogP contribution is 2.11. The Bertz CT molecular complexity index is 823. The number of nitrogens with zero attached hydrogens (tertiary/aromatic N) is 2. The van der Waals surface area contributed by atoms with Gasteiger partial charge in [0, 0.05) is 31.6 Å². The topological polar surface area (TPSA) is 72.0 Å². The minimum atomic E-state index is 0. The fourth-order valence-electron chi connectivity index (χ4n) is 2.34. The van der Waals surface area contributed by atoms with Crippen LogP contribution in [0.2, 0.25) is 0 Å². The molecule has 0 fully saturated rings. The lowest BCUT2D eigenvalue weighted by molar-refractivity contribution is 0.208. The Kier molecular flexibility index (Phi) is 7.91. The van der Waals surface area contributed by atoms with Crippen LogP contribution in [-0.4, -0.2) is 38.7 Å². The van der Waals surface area contributed by atoms with E-state index in [1.807, 2.05) is 55.5 Å². The largest absolute Gasteiger partial charge is 0.383 e. The van der Waals surface area contributed by atoms with Crippen LogP contribution in [-0.2, 0) is 4.74 Å². The molecule has 0 heterocycles. The van der Waals surface area contributed by atoms with Gasteiger partial charge in [-0.05, 0) is 36.8 Å². The molecular weight excluding hydrogens is 324 g/mol. The predicted molar refractivity (Wildman–Crippen MR) is 111 cm³/mol. The molecule has 0 bridgehead atoms. The molecule has 2 rings (SSSR count). The Hall–Kier alpha value is -3.10. The molecule has 26 heavy (non-hydrogen) atoms. The second-order valence-corrected chi connectivity index (χ2v) is 5.59. The van der Waals surface area contributed by atoms with Crippen LogP contribution in [0.3, 0.4) is 0 Å². The quantitative estimate of drug-likeness (QED) is 0.265. The normalized spacial score (nSPS) is 11.2. The van der Waals surface area contributed by atoms with Crippen molar-refractivity contribution in [2.75, 3.05) is 32.1 Å². The molecule has 136 valence electrons. The molecule has 0 spiro atoms. The van der Waals surface area contributed by atoms with Crippen molar-refractivity contribution in [2.45, 2.75) is 6.92 Å². The molecule has 0 aliphatic heterocycles. The first-order valence-electron chi connectivity index (χ1n) is 8.40. The SMILES string of the molecule is COCCN=C/C(=N\N)c1ccc(C#CCNc2ccccc2)cc1C.[HH]. The zero-order valence-corrected chi connectivity index (χ0v) is 15.2. The maximum Gasteiger partial charge on any atom is 0.108 e. The number of aryl methyl sites for hydroxylation is 1. The van der Waals surface area contributed by atoms with Crippen LogP contribution >= 0.6 is 0 Å². The van der Waals surface area contributed by atoms with Gasteiger partial charge in [-0.1, -0.05) is 36.1 Å². The van der Waals surface area contributed by atoms with E-state index in [9.17, 15) is 0 Å². The number of hydrogen-bond acceptors (Lipinski definition) is 5. The van der Waals surface area contributed by atoms with Crippen molar-refractivity contribution >= 4 is 17.6 Å². The van der Waals surface area contributed by atoms with E-state index in [4.69, 9.17) is 10.6 Å². The lowest BCUT2D eigenvalue weighted by Gasteiger charge is -2.05. The molecule has 0 saturated heterocycles. The molecule has 2 aromatic carbocycles. The van der Waals surface area contributed by atoms with Gasteiger partial charge in [-0.25, -0.2) is 0 Å². The maximum atomic E-state index is 5.51. The average molecular weight is 350 g/mol. The maximum absolute atomic E-state index is 5.51. The molecule has 0 aliphatic carbocycles. The van der Waals surface area contributed by atoms with E-state index in [2.05, 4.69) is 27.3 Å². The molecule has 0 saturated carbocycles. The Labute approximate surface area is 156 Å². The molecule has 5 heteroatoms. The zero-order chi connectivity index (χ0) is 18.6. The standard InChI is InChI=1S/C21H24N4O.H2/c1-17-15-18(7-6-12-24-19-8-4-3-5-9-19)10-11-20(17)21(25-22)16-23-13-14-26-2;/h3-5,8-11,15-16,24H,12-14,22H2,1-2H3;1H/b23-16?,25-21+;. The van der Waals surface area contributed by atoms with Gasteiger partial charge in [0.05, 0.1) is 19.7 Å². The summed E-state index contributed by atoms with van der Waals surface area (Å²) in [5, 5.41) is 7.10. The third kappa shape index (κ3) is 6.08. The Balaban J connectivity index is 0.00000364. The number of benzene rings is 2. The highest BCUT2D eigenvalue weighted by molar-refractivity contribution is 6.38. The summed E-state index contributed by atoms with van der Waals surface area (Å²) < 4.78 is 4.97. The minimum absolute atomic E-state index is 0. The summed E-state index contributed by atoms with van der Waals surface area (Å²) in [4.78, 5) is 4.26. The van der Waals surface area contributed by atoms with E-state index in [1.165, 1.54) is 0 Å². The number of ether oxygens (including phenoxy) is 1. The van der Waals surface area contributed by atoms with E-state index in [-0.39, 0.29) is 1.43 Å². The van der Waals surface area contributed by atoms with Gasteiger partial charge in [0.25, 0.3) is 0 Å². The molecule has 0 atom stereocenters. The summed E-state index contributed by atoms with van der Waals surface area (Å²) in [5.74, 6) is 11.8. The summed E-state index contributed by atoms with van der Waals surface area (Å²) in [6, 6.07) is 16.0. The van der Waals surface area contributed by atoms with Crippen LogP contribution in [0.5, 0.6) is 0 Å². The second-order valence-electron chi connectivity index (χ2n) is 5.59. The van der Waals surface area contributed by atoms with Gasteiger partial charge in [0.2, 0.25) is 0 Å². The van der Waals surface area contributed by atoms with Gasteiger partial charge in [-0.3, -0.25) is 4.99 Å².